The van der Waals surface area contributed by atoms with Crippen LogP contribution in [0, 0.1) is 63.6 Å². The van der Waals surface area contributed by atoms with Crippen LogP contribution < -0.4 is 0 Å². The number of hydrogen-bond acceptors (Lipinski definition) is 18. The predicted molar refractivity (Wildman–Crippen MR) is 342 cm³/mol. The first kappa shape index (κ1) is 74.9. The standard InChI is InChI=1S/C16H26O3.C14H20O3.C13H22O2.C11H16O2.C10H16O4.C8H10O4.CH4/c1-4-14(2,3)13(17)19-16-8-11-5-12(9-16)7-15(18,6-11)10-16;1-9(2)12(15)17-14-6-10-3-11(7-14)5-13(16,4-10)8-14;1-5-12(2,3)11(14)15-13(4)7-6-9-8-10(9)13;1-7(2)10(12)13-11(3)5-4-8-6-9(8)11;1-4-10(2,3)9(12)14-7-5-6-13-8(7)11;1-5(2)7(9)12-6-3-4-11-8(6)10;/h11-12,18H,4-10H2,1-3H3;10-11,16H,1,3-8H2,2H3;9-10H,5-8H2,1-4H3;8-9H,1,4-6H2,2-3H3;7H,4-6H2,1-3H3;6H,1,3-4H2,2H3;1H4. The van der Waals surface area contributed by atoms with Crippen LogP contribution in [-0.4, -0.2) is 117 Å². The van der Waals surface area contributed by atoms with Gasteiger partial charge in [0.1, 0.15) is 22.4 Å². The van der Waals surface area contributed by atoms with Gasteiger partial charge >= 0.3 is 47.8 Å². The van der Waals surface area contributed by atoms with Crippen molar-refractivity contribution in [1.29, 1.82) is 0 Å². The second-order valence-electron chi connectivity index (χ2n) is 32.0. The lowest BCUT2D eigenvalue weighted by atomic mass is 9.52. The number of ether oxygens (including phenoxy) is 8. The Bertz CT molecular complexity index is 2720. The molecule has 8 bridgehead atoms. The van der Waals surface area contributed by atoms with Gasteiger partial charge in [-0.2, -0.15) is 0 Å². The van der Waals surface area contributed by atoms with E-state index < -0.39 is 57.7 Å². The van der Waals surface area contributed by atoms with Crippen molar-refractivity contribution in [1.82, 2.24) is 0 Å². The zero-order chi connectivity index (χ0) is 67.0. The average molecular weight is 1280 g/mol. The number of rotatable bonds is 15. The fourth-order valence-electron chi connectivity index (χ4n) is 16.1. The summed E-state index contributed by atoms with van der Waals surface area (Å²) in [5.41, 5.74) is -2.22. The Morgan fingerprint density at radius 2 is 0.824 bits per heavy atom. The molecule has 2 saturated heterocycles. The molecule has 14 rings (SSSR count). The Kier molecular flexibility index (Phi) is 23.4. The first-order valence-corrected chi connectivity index (χ1v) is 33.8. The molecule has 0 aromatic carbocycles. The van der Waals surface area contributed by atoms with Crippen LogP contribution in [0.5, 0.6) is 0 Å². The molecule has 0 radical (unpaired) electrons. The number of esters is 8. The fraction of sp³-hybridized carbons (Fsp3) is 0.808. The van der Waals surface area contributed by atoms with E-state index in [-0.39, 0.29) is 65.1 Å². The third kappa shape index (κ3) is 18.4. The van der Waals surface area contributed by atoms with Gasteiger partial charge in [-0.3, -0.25) is 14.4 Å². The molecule has 14 aliphatic rings. The summed E-state index contributed by atoms with van der Waals surface area (Å²) in [5, 5.41) is 21.2. The fourth-order valence-corrected chi connectivity index (χ4v) is 16.1. The van der Waals surface area contributed by atoms with Crippen molar-refractivity contribution in [3.63, 3.8) is 0 Å². The van der Waals surface area contributed by atoms with Crippen LogP contribution in [0.15, 0.2) is 36.5 Å². The van der Waals surface area contributed by atoms with E-state index in [4.69, 9.17) is 33.2 Å². The van der Waals surface area contributed by atoms with Crippen molar-refractivity contribution in [2.75, 3.05) is 13.2 Å². The molecule has 2 heterocycles. The monoisotopic (exact) mass is 1280 g/mol. The molecule has 0 spiro atoms. The largest absolute Gasteiger partial charge is 0.463 e. The highest BCUT2D eigenvalue weighted by atomic mass is 16.6. The summed E-state index contributed by atoms with van der Waals surface area (Å²) in [6.07, 6.45) is 20.1. The number of aliphatic hydroxyl groups is 2. The molecule has 12 atom stereocenters. The lowest BCUT2D eigenvalue weighted by Gasteiger charge is -2.59. The molecule has 2 aliphatic heterocycles. The normalized spacial score (nSPS) is 36.5. The van der Waals surface area contributed by atoms with Gasteiger partial charge in [0.2, 0.25) is 12.2 Å². The minimum Gasteiger partial charge on any atom is -0.463 e. The Hall–Kier alpha value is -5.10. The van der Waals surface area contributed by atoms with Crippen LogP contribution >= 0.6 is 0 Å². The molecule has 0 amide bonds. The Labute approximate surface area is 543 Å². The van der Waals surface area contributed by atoms with Crippen molar-refractivity contribution in [2.45, 2.75) is 298 Å². The molecule has 0 aromatic heterocycles. The Morgan fingerprint density at radius 1 is 0.484 bits per heavy atom. The first-order valence-electron chi connectivity index (χ1n) is 33.8. The molecule has 12 aliphatic carbocycles. The summed E-state index contributed by atoms with van der Waals surface area (Å²) >= 11 is 0. The summed E-state index contributed by atoms with van der Waals surface area (Å²) in [7, 11) is 0. The van der Waals surface area contributed by atoms with Gasteiger partial charge in [0, 0.05) is 54.2 Å². The van der Waals surface area contributed by atoms with E-state index in [1.165, 1.54) is 45.4 Å². The van der Waals surface area contributed by atoms with Gasteiger partial charge in [-0.25, -0.2) is 24.0 Å². The van der Waals surface area contributed by atoms with Crippen molar-refractivity contribution in [3.8, 4) is 0 Å². The number of carbonyl (C=O) groups is 8. The summed E-state index contributed by atoms with van der Waals surface area (Å²) in [5.74, 6) is 2.80. The van der Waals surface area contributed by atoms with E-state index >= 15 is 0 Å². The van der Waals surface area contributed by atoms with Crippen molar-refractivity contribution in [2.24, 2.45) is 63.6 Å². The average Bonchev–Trinajstić information content (AvgIpc) is 1.42. The summed E-state index contributed by atoms with van der Waals surface area (Å²) < 4.78 is 42.0. The number of carbonyl (C=O) groups excluding carboxylic acids is 8. The van der Waals surface area contributed by atoms with Crippen molar-refractivity contribution in [3.05, 3.63) is 36.5 Å². The van der Waals surface area contributed by atoms with Crippen LogP contribution in [0.1, 0.15) is 252 Å². The van der Waals surface area contributed by atoms with Crippen LogP contribution in [0.4, 0.5) is 0 Å². The van der Waals surface area contributed by atoms with E-state index in [2.05, 4.69) is 38.3 Å². The molecule has 91 heavy (non-hydrogen) atoms. The van der Waals surface area contributed by atoms with Gasteiger partial charge < -0.3 is 48.1 Å². The Morgan fingerprint density at radius 3 is 1.14 bits per heavy atom. The van der Waals surface area contributed by atoms with E-state index in [9.17, 15) is 48.6 Å². The summed E-state index contributed by atoms with van der Waals surface area (Å²) in [4.78, 5) is 91.8. The van der Waals surface area contributed by atoms with Gasteiger partial charge in [0.25, 0.3) is 0 Å². The maximum atomic E-state index is 12.4. The third-order valence-corrected chi connectivity index (χ3v) is 22.3. The van der Waals surface area contributed by atoms with Crippen LogP contribution in [0.2, 0.25) is 0 Å². The minimum atomic E-state index is -0.728. The van der Waals surface area contributed by atoms with Crippen LogP contribution in [0.25, 0.3) is 0 Å². The van der Waals surface area contributed by atoms with E-state index in [0.717, 1.165) is 88.9 Å². The second-order valence-corrected chi connectivity index (χ2v) is 32.0. The highest BCUT2D eigenvalue weighted by Gasteiger charge is 2.62. The van der Waals surface area contributed by atoms with Crippen molar-refractivity contribution < 1.29 is 86.5 Å². The zero-order valence-corrected chi connectivity index (χ0v) is 57.0. The lowest BCUT2D eigenvalue weighted by molar-refractivity contribution is -0.225. The molecule has 14 fully saturated rings. The van der Waals surface area contributed by atoms with Gasteiger partial charge in [0.05, 0.1) is 40.7 Å². The van der Waals surface area contributed by atoms with Gasteiger partial charge in [0.15, 0.2) is 0 Å². The maximum Gasteiger partial charge on any atom is 0.347 e. The third-order valence-electron chi connectivity index (χ3n) is 22.3. The van der Waals surface area contributed by atoms with Crippen LogP contribution in [-0.2, 0) is 76.3 Å². The first-order chi connectivity index (χ1) is 41.7. The van der Waals surface area contributed by atoms with Gasteiger partial charge in [-0.1, -0.05) is 47.9 Å². The molecule has 0 aromatic rings. The molecule has 2 N–H and O–H groups in total. The highest BCUT2D eigenvalue weighted by molar-refractivity contribution is 5.90. The second kappa shape index (κ2) is 28.5. The maximum absolute atomic E-state index is 12.4. The van der Waals surface area contributed by atoms with E-state index in [0.29, 0.717) is 92.0 Å². The SMILES string of the molecule is C.C=C(C)C(=O)OC1(C)CCC2CC21.C=C(C)C(=O)OC12CC3CC(CC(O)(C3)C1)C2.C=C(C)C(=O)OC1CCOC1=O.CCC(C)(C)C(=O)OC1(C)CCC2CC21.CCC(C)(C)C(=O)OC12CC3CC(CC(O)(C3)C1)C2.CCC(C)(C)C(=O)OC1CCOC1=O. The van der Waals surface area contributed by atoms with E-state index in [1.54, 1.807) is 27.7 Å². The number of cyclic esters (lactones) is 2. The van der Waals surface area contributed by atoms with E-state index in [1.807, 2.05) is 48.5 Å². The smallest absolute Gasteiger partial charge is 0.347 e. The number of hydrogen-bond donors (Lipinski definition) is 2. The summed E-state index contributed by atoms with van der Waals surface area (Å²) in [6.45, 7) is 37.8. The number of fused-ring (bicyclic) bond motifs is 2. The summed E-state index contributed by atoms with van der Waals surface area (Å²) in [6, 6.07) is 0. The molecular formula is C73H114O18. The Balaban J connectivity index is 0.000000174. The highest BCUT2D eigenvalue weighted by Crippen LogP contribution is 2.62. The quantitative estimate of drug-likeness (QED) is 0.0878. The molecule has 12 unspecified atom stereocenters. The lowest BCUT2D eigenvalue weighted by Crippen LogP contribution is -2.61. The van der Waals surface area contributed by atoms with Crippen LogP contribution in [0.3, 0.4) is 0 Å². The molecule has 514 valence electrons. The van der Waals surface area contributed by atoms with Crippen molar-refractivity contribution >= 4 is 47.8 Å². The molecule has 12 saturated carbocycles. The molecule has 18 nitrogen and oxygen atoms in total. The zero-order valence-electron chi connectivity index (χ0n) is 57.0. The van der Waals surface area contributed by atoms with Gasteiger partial charge in [-0.05, 0) is 234 Å². The minimum absolute atomic E-state index is 0. The topological polar surface area (TPSA) is 251 Å². The predicted octanol–water partition coefficient (Wildman–Crippen LogP) is 13.0. The molecule has 18 heteroatoms. The molecular weight excluding hydrogens is 1160 g/mol. The van der Waals surface area contributed by atoms with Gasteiger partial charge in [-0.15, -0.1) is 0 Å².